The van der Waals surface area contributed by atoms with Gasteiger partial charge < -0.3 is 42.0 Å². The number of benzene rings is 2. The highest BCUT2D eigenvalue weighted by molar-refractivity contribution is 6.18. The summed E-state index contributed by atoms with van der Waals surface area (Å²) in [5.41, 5.74) is 16.2. The van der Waals surface area contributed by atoms with Crippen LogP contribution in [0.1, 0.15) is 162 Å². The minimum Gasteiger partial charge on any atom is -0.393 e. The number of hydrogen-bond donors (Lipinski definition) is 8. The van der Waals surface area contributed by atoms with Crippen LogP contribution in [0.25, 0.3) is 0 Å². The van der Waals surface area contributed by atoms with Crippen LogP contribution in [0, 0.1) is 33.5 Å². The molecule has 2 atom stereocenters. The molecule has 0 radical (unpaired) electrons. The second-order valence-electron chi connectivity index (χ2n) is 19.1. The zero-order valence-corrected chi connectivity index (χ0v) is 36.2. The zero-order valence-electron chi connectivity index (χ0n) is 36.2. The van der Waals surface area contributed by atoms with E-state index in [1.165, 1.54) is 88.2 Å². The average molecular weight is 811 g/mol. The second kappa shape index (κ2) is 19.1. The third-order valence-corrected chi connectivity index (χ3v) is 15.6. The van der Waals surface area contributed by atoms with Crippen molar-refractivity contribution in [2.45, 2.75) is 154 Å². The van der Waals surface area contributed by atoms with E-state index in [1.54, 1.807) is 0 Å². The molecule has 6 aliphatic carbocycles. The summed E-state index contributed by atoms with van der Waals surface area (Å²) in [7, 11) is -0.186. The molecule has 322 valence electrons. The lowest BCUT2D eigenvalue weighted by atomic mass is 9.49. The highest BCUT2D eigenvalue weighted by Crippen LogP contribution is 2.61. The minimum absolute atomic E-state index is 0.118. The molecule has 0 saturated heterocycles. The first-order chi connectivity index (χ1) is 28.2. The fourth-order valence-corrected chi connectivity index (χ4v) is 11.1. The molecule has 0 aromatic heterocycles. The van der Waals surface area contributed by atoms with Crippen LogP contribution in [0.3, 0.4) is 0 Å². The fraction of sp³-hybridized carbons (Fsp3) is 0.652. The Labute approximate surface area is 353 Å². The molecule has 10 N–H and O–H groups in total. The number of rotatable bonds is 20. The Hall–Kier alpha value is -4.10. The third-order valence-electron chi connectivity index (χ3n) is 15.6. The number of amides is 2. The molecule has 6 fully saturated rings. The van der Waals surface area contributed by atoms with E-state index < -0.39 is 12.5 Å². The Morgan fingerprint density at radius 2 is 0.915 bits per heavy atom. The summed E-state index contributed by atoms with van der Waals surface area (Å²) in [5.74, 6) is 0.710. The molecule has 4 bridgehead atoms. The van der Waals surface area contributed by atoms with Crippen molar-refractivity contribution < 1.29 is 18.9 Å². The van der Waals surface area contributed by atoms with Gasteiger partial charge in [0.1, 0.15) is 12.5 Å². The lowest BCUT2D eigenvalue weighted by molar-refractivity contribution is 0.00185. The van der Waals surface area contributed by atoms with Gasteiger partial charge in [0.15, 0.2) is 11.9 Å². The summed E-state index contributed by atoms with van der Waals surface area (Å²) in [5, 5.41) is 26.7. The van der Waals surface area contributed by atoms with E-state index >= 15 is 0 Å². The van der Waals surface area contributed by atoms with Crippen molar-refractivity contribution in [3.05, 3.63) is 70.8 Å². The van der Waals surface area contributed by atoms with Gasteiger partial charge >= 0.3 is 7.69 Å². The topological polar surface area (TPSA) is 200 Å². The highest BCUT2D eigenvalue weighted by atomic mass is 16.6. The van der Waals surface area contributed by atoms with Gasteiger partial charge in [-0.05, 0) is 172 Å². The van der Waals surface area contributed by atoms with Gasteiger partial charge in [0, 0.05) is 24.2 Å². The van der Waals surface area contributed by atoms with Crippen LogP contribution in [0.2, 0.25) is 0 Å². The molecule has 59 heavy (non-hydrogen) atoms. The van der Waals surface area contributed by atoms with Gasteiger partial charge in [0.05, 0.1) is 0 Å². The van der Waals surface area contributed by atoms with Crippen LogP contribution in [-0.4, -0.2) is 57.0 Å². The van der Waals surface area contributed by atoms with Crippen molar-refractivity contribution in [2.75, 3.05) is 13.1 Å². The number of nitrogens with two attached hydrogens (primary N) is 2. The Bertz CT molecular complexity index is 1590. The Morgan fingerprint density at radius 3 is 1.20 bits per heavy atom. The van der Waals surface area contributed by atoms with Crippen molar-refractivity contribution in [1.29, 1.82) is 10.8 Å². The number of hydrogen-bond acceptors (Lipinski definition) is 6. The lowest BCUT2D eigenvalue weighted by Crippen LogP contribution is -2.46. The van der Waals surface area contributed by atoms with E-state index in [0.29, 0.717) is 72.6 Å². The Balaban J connectivity index is 1.05. The standard InChI is InChI=1S/C46H71BN8O4/c1-31(2)43-17-23-45(24-18-43,25-19-43)35-13-9-33(10-14-35)39(56)54-37(7-5-29-52-41(48)49)58-47-59-38(8-6-30-53-42(50)51)55-40(57)34-11-15-36(16-12-34)46-26-20-44(21-27-46,22-28-46)32(3)4/h9-16,31-32,37-38,47H,5-8,17-30H2,1-4H3,(H,54,56)(H,55,57)(H4,48,49,52)(H4,50,51,53). The molecule has 8 rings (SSSR count). The monoisotopic (exact) mass is 811 g/mol. The van der Waals surface area contributed by atoms with Crippen LogP contribution >= 0.6 is 0 Å². The van der Waals surface area contributed by atoms with Crippen LogP contribution in [0.4, 0.5) is 0 Å². The van der Waals surface area contributed by atoms with Crippen LogP contribution < -0.4 is 32.7 Å². The average Bonchev–Trinajstić information content (AvgIpc) is 3.24. The number of nitrogens with one attached hydrogen (secondary N) is 6. The molecular weight excluding hydrogens is 739 g/mol. The SMILES string of the molecule is CC(C)C12CCC(c3ccc(C(=O)NC(CCCNC(=N)N)OBOC(CCCNC(=N)N)NC(=O)c4ccc(C56CCC(C(C)C)(CC5)CC6)cc4)cc3)(CC1)CC2. The molecule has 2 aromatic carbocycles. The molecule has 13 heteroatoms. The molecular formula is C46H71BN8O4. The maximum Gasteiger partial charge on any atom is 0.441 e. The van der Waals surface area contributed by atoms with Crippen molar-refractivity contribution in [2.24, 2.45) is 34.1 Å². The zero-order chi connectivity index (χ0) is 42.3. The second-order valence-corrected chi connectivity index (χ2v) is 19.1. The molecule has 0 spiro atoms. The maximum absolute atomic E-state index is 13.6. The van der Waals surface area contributed by atoms with E-state index in [0.717, 1.165) is 0 Å². The van der Waals surface area contributed by atoms with Crippen LogP contribution in [-0.2, 0) is 20.1 Å². The van der Waals surface area contributed by atoms with E-state index in [1.807, 2.05) is 24.3 Å². The molecule has 0 heterocycles. The number of carbonyl (C=O) groups is 2. The lowest BCUT2D eigenvalue weighted by Gasteiger charge is -2.56. The van der Waals surface area contributed by atoms with Gasteiger partial charge in [-0.1, -0.05) is 52.0 Å². The van der Waals surface area contributed by atoms with Crippen molar-refractivity contribution >= 4 is 31.4 Å². The van der Waals surface area contributed by atoms with Gasteiger partial charge in [0.25, 0.3) is 11.8 Å². The molecule has 2 aromatic rings. The Morgan fingerprint density at radius 1 is 0.593 bits per heavy atom. The molecule has 12 nitrogen and oxygen atoms in total. The number of fused-ring (bicyclic) bond motifs is 6. The summed E-state index contributed by atoms with van der Waals surface area (Å²) in [6, 6.07) is 16.3. The summed E-state index contributed by atoms with van der Waals surface area (Å²) in [4.78, 5) is 27.2. The molecule has 2 unspecified atom stereocenters. The maximum atomic E-state index is 13.6. The largest absolute Gasteiger partial charge is 0.441 e. The van der Waals surface area contributed by atoms with E-state index in [9.17, 15) is 9.59 Å². The fourth-order valence-electron chi connectivity index (χ4n) is 11.1. The first-order valence-corrected chi connectivity index (χ1v) is 22.4. The van der Waals surface area contributed by atoms with Crippen molar-refractivity contribution in [1.82, 2.24) is 21.3 Å². The summed E-state index contributed by atoms with van der Waals surface area (Å²) < 4.78 is 12.3. The van der Waals surface area contributed by atoms with Crippen molar-refractivity contribution in [3.63, 3.8) is 0 Å². The predicted molar refractivity (Wildman–Crippen MR) is 236 cm³/mol. The number of carbonyl (C=O) groups excluding carboxylic acids is 2. The third kappa shape index (κ3) is 10.4. The van der Waals surface area contributed by atoms with Gasteiger partial charge in [-0.3, -0.25) is 20.4 Å². The molecule has 6 saturated carbocycles. The highest BCUT2D eigenvalue weighted by Gasteiger charge is 2.51. The predicted octanol–water partition coefficient (Wildman–Crippen LogP) is 6.82. The summed E-state index contributed by atoms with van der Waals surface area (Å²) in [6.45, 7) is 10.4. The molecule has 6 aliphatic rings. The van der Waals surface area contributed by atoms with E-state index in [4.69, 9.17) is 31.6 Å². The smallest absolute Gasteiger partial charge is 0.393 e. The Kier molecular flexibility index (Phi) is 14.4. The van der Waals surface area contributed by atoms with Crippen LogP contribution in [0.5, 0.6) is 0 Å². The van der Waals surface area contributed by atoms with Crippen molar-refractivity contribution in [3.8, 4) is 0 Å². The first kappa shape index (κ1) is 44.5. The summed E-state index contributed by atoms with van der Waals surface area (Å²) >= 11 is 0. The van der Waals surface area contributed by atoms with E-state index in [-0.39, 0.29) is 42.2 Å². The molecule has 0 aliphatic heterocycles. The normalized spacial score (nSPS) is 26.9. The van der Waals surface area contributed by atoms with Gasteiger partial charge in [-0.15, -0.1) is 0 Å². The van der Waals surface area contributed by atoms with Gasteiger partial charge in [-0.2, -0.15) is 0 Å². The summed E-state index contributed by atoms with van der Waals surface area (Å²) in [6.07, 6.45) is 15.6. The first-order valence-electron chi connectivity index (χ1n) is 22.4. The number of guanidine groups is 2. The quantitative estimate of drug-likeness (QED) is 0.0234. The van der Waals surface area contributed by atoms with Gasteiger partial charge in [-0.25, -0.2) is 0 Å². The van der Waals surface area contributed by atoms with Crippen LogP contribution in [0.15, 0.2) is 48.5 Å². The van der Waals surface area contributed by atoms with Gasteiger partial charge in [0.2, 0.25) is 0 Å². The minimum atomic E-state index is -0.691. The molecule has 2 amide bonds. The van der Waals surface area contributed by atoms with E-state index in [2.05, 4.69) is 73.2 Å².